The Morgan fingerprint density at radius 1 is 0.973 bits per heavy atom. The van der Waals surface area contributed by atoms with Gasteiger partial charge in [-0.05, 0) is 59.2 Å². The Bertz CT molecular complexity index is 1250. The summed E-state index contributed by atoms with van der Waals surface area (Å²) in [5.41, 5.74) is 11.1. The molecule has 2 heterocycles. The molecule has 1 aliphatic rings. The summed E-state index contributed by atoms with van der Waals surface area (Å²) < 4.78 is 0. The predicted octanol–water partition coefficient (Wildman–Crippen LogP) is 5.84. The van der Waals surface area contributed by atoms with Gasteiger partial charge in [-0.1, -0.05) is 64.1 Å². The van der Waals surface area contributed by atoms with Crippen LogP contribution in [0.4, 0.5) is 16.3 Å². The smallest absolute Gasteiger partial charge is 0.314 e. The molecule has 0 spiro atoms. The number of primary amides is 1. The number of pyridine rings is 1. The number of anilines is 2. The molecule has 1 atom stereocenters. The first kappa shape index (κ1) is 26.2. The van der Waals surface area contributed by atoms with Crippen LogP contribution in [0.2, 0.25) is 0 Å². The minimum absolute atomic E-state index is 0.0950. The number of carbonyl (C=O) groups is 2. The van der Waals surface area contributed by atoms with E-state index in [4.69, 9.17) is 5.73 Å². The summed E-state index contributed by atoms with van der Waals surface area (Å²) in [4.78, 5) is 33.4. The number of piperazine rings is 1. The Morgan fingerprint density at radius 3 is 2.27 bits per heavy atom. The van der Waals surface area contributed by atoms with E-state index in [0.717, 1.165) is 22.5 Å². The van der Waals surface area contributed by atoms with Gasteiger partial charge in [0.25, 0.3) is 5.91 Å². The number of nitrogens with zero attached hydrogens (tertiary/aromatic N) is 3. The molecule has 1 unspecified atom stereocenters. The first-order valence-corrected chi connectivity index (χ1v) is 13.0. The Kier molecular flexibility index (Phi) is 7.81. The Hall–Kier alpha value is -3.87. The summed E-state index contributed by atoms with van der Waals surface area (Å²) in [6, 6.07) is 17.9. The second-order valence-corrected chi connectivity index (χ2v) is 10.4. The Morgan fingerprint density at radius 2 is 1.70 bits per heavy atom. The largest absolute Gasteiger partial charge is 0.351 e. The lowest BCUT2D eigenvalue weighted by Crippen LogP contribution is -2.55. The van der Waals surface area contributed by atoms with E-state index in [1.165, 1.54) is 5.56 Å². The van der Waals surface area contributed by atoms with Crippen molar-refractivity contribution < 1.29 is 9.59 Å². The van der Waals surface area contributed by atoms with Crippen LogP contribution >= 0.6 is 0 Å². The van der Waals surface area contributed by atoms with Gasteiger partial charge in [0, 0.05) is 31.2 Å². The van der Waals surface area contributed by atoms with Crippen molar-refractivity contribution in [1.29, 1.82) is 0 Å². The van der Waals surface area contributed by atoms with Gasteiger partial charge in [0.05, 0.1) is 11.9 Å². The van der Waals surface area contributed by atoms with E-state index in [1.807, 2.05) is 31.2 Å². The van der Waals surface area contributed by atoms with Gasteiger partial charge in [-0.15, -0.1) is 0 Å². The molecule has 1 saturated heterocycles. The van der Waals surface area contributed by atoms with Crippen molar-refractivity contribution in [3.05, 3.63) is 77.5 Å². The fourth-order valence-corrected chi connectivity index (χ4v) is 4.92. The number of amides is 3. The van der Waals surface area contributed by atoms with Crippen LogP contribution in [0.25, 0.3) is 11.1 Å². The van der Waals surface area contributed by atoms with E-state index in [-0.39, 0.29) is 17.9 Å². The number of benzene rings is 2. The van der Waals surface area contributed by atoms with Crippen LogP contribution < -0.4 is 16.0 Å². The quantitative estimate of drug-likeness (QED) is 0.446. The molecular formula is C30H37N5O2. The molecule has 3 N–H and O–H groups in total. The molecule has 1 fully saturated rings. The third kappa shape index (κ3) is 5.77. The summed E-state index contributed by atoms with van der Waals surface area (Å²) in [5, 5.41) is 3.04. The zero-order valence-electron chi connectivity index (χ0n) is 22.4. The molecule has 2 aromatic carbocycles. The van der Waals surface area contributed by atoms with Gasteiger partial charge < -0.3 is 20.9 Å². The van der Waals surface area contributed by atoms with E-state index in [1.54, 1.807) is 11.1 Å². The lowest BCUT2D eigenvalue weighted by Gasteiger charge is -2.39. The van der Waals surface area contributed by atoms with E-state index >= 15 is 0 Å². The van der Waals surface area contributed by atoms with E-state index in [9.17, 15) is 9.59 Å². The predicted molar refractivity (Wildman–Crippen MR) is 150 cm³/mol. The van der Waals surface area contributed by atoms with Crippen LogP contribution in [0.15, 0.2) is 60.8 Å². The van der Waals surface area contributed by atoms with Crippen LogP contribution in [-0.2, 0) is 0 Å². The number of rotatable bonds is 6. The van der Waals surface area contributed by atoms with Crippen molar-refractivity contribution in [2.45, 2.75) is 52.5 Å². The van der Waals surface area contributed by atoms with Crippen LogP contribution in [-0.4, -0.2) is 47.5 Å². The minimum Gasteiger partial charge on any atom is -0.351 e. The number of nitrogens with two attached hydrogens (primary N) is 1. The van der Waals surface area contributed by atoms with Crippen molar-refractivity contribution >= 4 is 23.4 Å². The van der Waals surface area contributed by atoms with Crippen LogP contribution in [0, 0.1) is 0 Å². The van der Waals surface area contributed by atoms with Gasteiger partial charge in [0.15, 0.2) is 0 Å². The fourth-order valence-electron chi connectivity index (χ4n) is 4.92. The number of urea groups is 1. The number of aromatic nitrogens is 1. The Labute approximate surface area is 219 Å². The molecule has 7 nitrogen and oxygen atoms in total. The van der Waals surface area contributed by atoms with Crippen molar-refractivity contribution in [3.8, 4) is 11.1 Å². The summed E-state index contributed by atoms with van der Waals surface area (Å²) in [7, 11) is 0. The summed E-state index contributed by atoms with van der Waals surface area (Å²) >= 11 is 0. The van der Waals surface area contributed by atoms with Crippen LogP contribution in [0.5, 0.6) is 0 Å². The maximum atomic E-state index is 13.5. The number of nitrogens with one attached hydrogen (secondary N) is 1. The highest BCUT2D eigenvalue weighted by molar-refractivity contribution is 6.09. The summed E-state index contributed by atoms with van der Waals surface area (Å²) in [6.07, 6.45) is 1.68. The van der Waals surface area contributed by atoms with Crippen molar-refractivity contribution in [2.24, 2.45) is 5.73 Å². The van der Waals surface area contributed by atoms with Crippen molar-refractivity contribution in [1.82, 2.24) is 9.88 Å². The van der Waals surface area contributed by atoms with Gasteiger partial charge in [-0.2, -0.15) is 0 Å². The molecule has 3 aromatic rings. The minimum atomic E-state index is -0.394. The molecule has 7 heteroatoms. The topological polar surface area (TPSA) is 91.6 Å². The van der Waals surface area contributed by atoms with E-state index in [0.29, 0.717) is 36.8 Å². The van der Waals surface area contributed by atoms with Gasteiger partial charge in [0.2, 0.25) is 0 Å². The lowest BCUT2D eigenvalue weighted by molar-refractivity contribution is 0.102. The van der Waals surface area contributed by atoms with Crippen LogP contribution in [0.3, 0.4) is 0 Å². The van der Waals surface area contributed by atoms with Crippen molar-refractivity contribution in [3.63, 3.8) is 0 Å². The zero-order chi connectivity index (χ0) is 26.7. The van der Waals surface area contributed by atoms with E-state index in [2.05, 4.69) is 73.2 Å². The highest BCUT2D eigenvalue weighted by Crippen LogP contribution is 2.34. The molecule has 1 aromatic heterocycles. The molecule has 0 radical (unpaired) electrons. The maximum Gasteiger partial charge on any atom is 0.314 e. The third-order valence-corrected chi connectivity index (χ3v) is 7.07. The number of hydrogen-bond donors (Lipinski definition) is 2. The number of carbonyl (C=O) groups excluding carboxylic acids is 2. The second-order valence-electron chi connectivity index (χ2n) is 10.4. The maximum absolute atomic E-state index is 13.5. The molecule has 0 aliphatic carbocycles. The van der Waals surface area contributed by atoms with Gasteiger partial charge >= 0.3 is 6.03 Å². The third-order valence-electron chi connectivity index (χ3n) is 7.07. The van der Waals surface area contributed by atoms with Gasteiger partial charge in [-0.25, -0.2) is 9.78 Å². The Balaban J connectivity index is 1.56. The average Bonchev–Trinajstić information content (AvgIpc) is 2.88. The summed E-state index contributed by atoms with van der Waals surface area (Å²) in [5.74, 6) is 1.36. The highest BCUT2D eigenvalue weighted by Gasteiger charge is 2.26. The molecule has 4 rings (SSSR count). The average molecular weight is 500 g/mol. The van der Waals surface area contributed by atoms with Crippen LogP contribution in [0.1, 0.15) is 67.9 Å². The first-order valence-electron chi connectivity index (χ1n) is 13.0. The molecule has 1 aliphatic heterocycles. The molecule has 37 heavy (non-hydrogen) atoms. The van der Waals surface area contributed by atoms with E-state index < -0.39 is 6.03 Å². The fraction of sp³-hybridized carbons (Fsp3) is 0.367. The van der Waals surface area contributed by atoms with Gasteiger partial charge in [0.1, 0.15) is 5.82 Å². The first-order chi connectivity index (χ1) is 17.7. The van der Waals surface area contributed by atoms with Gasteiger partial charge in [-0.3, -0.25) is 4.79 Å². The normalized spacial score (nSPS) is 15.8. The number of hydrogen-bond acceptors (Lipinski definition) is 4. The monoisotopic (exact) mass is 499 g/mol. The molecular weight excluding hydrogens is 462 g/mol. The molecule has 0 bridgehead atoms. The SMILES string of the molecule is CC(C)c1ccc(-c2c(C(=O)Nc3ccc(N4CCN(C(N)=O)CC4C)nc3)cccc2C(C)C)cc1. The zero-order valence-corrected chi connectivity index (χ0v) is 22.4. The molecule has 3 amide bonds. The highest BCUT2D eigenvalue weighted by atomic mass is 16.2. The van der Waals surface area contributed by atoms with Crippen molar-refractivity contribution in [2.75, 3.05) is 29.9 Å². The second kappa shape index (κ2) is 11.0. The summed E-state index contributed by atoms with van der Waals surface area (Å²) in [6.45, 7) is 12.5. The molecule has 194 valence electrons. The molecule has 0 saturated carbocycles. The standard InChI is InChI=1S/C30H37N5O2/c1-19(2)22-9-11-23(12-10-22)28-25(20(3)4)7-6-8-26(28)29(36)33-24-13-14-27(32-17-24)35-16-15-34(30(31)37)18-21(35)5/h6-14,17,19-21H,15-16,18H2,1-5H3,(H2,31,37)(H,33,36). The lowest BCUT2D eigenvalue weighted by atomic mass is 9.87.